The van der Waals surface area contributed by atoms with Gasteiger partial charge in [-0.1, -0.05) is 0 Å². The summed E-state index contributed by atoms with van der Waals surface area (Å²) in [6, 6.07) is 9.05. The number of benzene rings is 2. The molecule has 0 amide bonds. The first-order chi connectivity index (χ1) is 18.0. The number of hydrogen-bond donors (Lipinski definition) is 1. The maximum absolute atomic E-state index is 13.5. The zero-order valence-corrected chi connectivity index (χ0v) is 19.9. The third-order valence-corrected chi connectivity index (χ3v) is 6.11. The normalized spacial score (nSPS) is 13.0. The summed E-state index contributed by atoms with van der Waals surface area (Å²) in [5.41, 5.74) is -2.72. The van der Waals surface area contributed by atoms with Crippen molar-refractivity contribution in [3.05, 3.63) is 71.4 Å². The van der Waals surface area contributed by atoms with Gasteiger partial charge in [-0.15, -0.1) is 0 Å². The minimum atomic E-state index is -4.75. The highest BCUT2D eigenvalue weighted by molar-refractivity contribution is 6.09. The van der Waals surface area contributed by atoms with E-state index in [-0.39, 0.29) is 39.0 Å². The number of halogens is 9. The van der Waals surface area contributed by atoms with Crippen molar-refractivity contribution < 1.29 is 39.5 Å². The fraction of sp³-hybridized carbons (Fsp3) is 0.200. The fourth-order valence-corrected chi connectivity index (χ4v) is 4.23. The van der Waals surface area contributed by atoms with E-state index >= 15 is 0 Å². The van der Waals surface area contributed by atoms with Gasteiger partial charge in [0.1, 0.15) is 17.2 Å². The van der Waals surface area contributed by atoms with Crippen LogP contribution in [0.2, 0.25) is 0 Å². The first kappa shape index (κ1) is 26.4. The summed E-state index contributed by atoms with van der Waals surface area (Å²) in [6.45, 7) is 0. The lowest BCUT2D eigenvalue weighted by atomic mass is 10.1. The second kappa shape index (κ2) is 8.64. The quantitative estimate of drug-likeness (QED) is 0.232. The minimum Gasteiger partial charge on any atom is -0.377 e. The topological polar surface area (TPSA) is 49.7 Å². The van der Waals surface area contributed by atoms with E-state index in [0.717, 1.165) is 42.5 Å². The molecule has 0 spiro atoms. The van der Waals surface area contributed by atoms with Gasteiger partial charge in [0.2, 0.25) is 0 Å². The van der Waals surface area contributed by atoms with E-state index in [1.54, 1.807) is 19.0 Å². The molecule has 0 saturated heterocycles. The highest BCUT2D eigenvalue weighted by Crippen LogP contribution is 2.40. The maximum atomic E-state index is 13.5. The lowest BCUT2D eigenvalue weighted by Crippen LogP contribution is -2.11. The van der Waals surface area contributed by atoms with Crippen LogP contribution in [-0.4, -0.2) is 33.8 Å². The minimum absolute atomic E-state index is 0.00299. The Hall–Kier alpha value is -4.23. The Kier molecular flexibility index (Phi) is 5.85. The van der Waals surface area contributed by atoms with E-state index in [0.29, 0.717) is 5.69 Å². The van der Waals surface area contributed by atoms with Crippen LogP contribution in [0.25, 0.3) is 39.0 Å². The summed E-state index contributed by atoms with van der Waals surface area (Å²) in [7, 11) is 3.29. The summed E-state index contributed by atoms with van der Waals surface area (Å²) < 4.78 is 122. The predicted molar refractivity (Wildman–Crippen MR) is 125 cm³/mol. The molecule has 0 aliphatic carbocycles. The molecule has 2 aromatic carbocycles. The van der Waals surface area contributed by atoms with Crippen LogP contribution in [0.5, 0.6) is 0 Å². The van der Waals surface area contributed by atoms with Crippen molar-refractivity contribution in [2.45, 2.75) is 18.5 Å². The molecule has 0 aliphatic rings. The van der Waals surface area contributed by atoms with Gasteiger partial charge >= 0.3 is 18.5 Å². The molecular weight excluding hydrogens is 541 g/mol. The van der Waals surface area contributed by atoms with Gasteiger partial charge in [-0.2, -0.15) is 44.6 Å². The average molecular weight is 557 g/mol. The predicted octanol–water partition coefficient (Wildman–Crippen LogP) is 7.69. The van der Waals surface area contributed by atoms with Crippen molar-refractivity contribution in [3.63, 3.8) is 0 Å². The number of rotatable bonds is 3. The number of pyridine rings is 1. The molecule has 5 rings (SSSR count). The van der Waals surface area contributed by atoms with Crippen LogP contribution >= 0.6 is 0 Å². The van der Waals surface area contributed by atoms with Crippen LogP contribution in [-0.2, 0) is 18.5 Å². The van der Waals surface area contributed by atoms with Gasteiger partial charge in [0.15, 0.2) is 0 Å². The molecule has 3 aromatic heterocycles. The van der Waals surface area contributed by atoms with Crippen LogP contribution in [0.4, 0.5) is 45.2 Å². The number of alkyl halides is 9. The molecule has 14 heteroatoms. The number of aromatic amines is 1. The molecule has 0 atom stereocenters. The van der Waals surface area contributed by atoms with E-state index in [1.807, 2.05) is 5.10 Å². The van der Waals surface area contributed by atoms with Crippen molar-refractivity contribution in [3.8, 4) is 17.2 Å². The number of hydrogen-bond acceptors (Lipinski definition) is 3. The molecule has 0 fully saturated rings. The average Bonchev–Trinajstić information content (AvgIpc) is 3.45. The maximum Gasteiger partial charge on any atom is 0.432 e. The Morgan fingerprint density at radius 2 is 1.21 bits per heavy atom. The Morgan fingerprint density at radius 3 is 1.64 bits per heavy atom. The molecular formula is C25H16F9N5. The molecule has 0 saturated carbocycles. The van der Waals surface area contributed by atoms with Crippen molar-refractivity contribution in [2.75, 3.05) is 19.0 Å². The molecule has 1 N–H and O–H groups in total. The standard InChI is InChI=1S/C25H16F9N5/c1-38(2)14-9-17(18-11-21(37-36-18)25(32,33)34)35-22(10-14)39-19-5-3-12(23(26,27)28)7-15(19)16-8-13(24(29,30)31)4-6-20(16)39/h3-11H,1-2H3,(H,36,37). The summed E-state index contributed by atoms with van der Waals surface area (Å²) in [4.78, 5) is 6.02. The van der Waals surface area contributed by atoms with Crippen molar-refractivity contribution >= 4 is 27.5 Å². The number of fused-ring (bicyclic) bond motifs is 3. The third-order valence-electron chi connectivity index (χ3n) is 6.11. The first-order valence-electron chi connectivity index (χ1n) is 11.1. The largest absolute Gasteiger partial charge is 0.432 e. The molecule has 39 heavy (non-hydrogen) atoms. The second-order valence-corrected chi connectivity index (χ2v) is 8.92. The summed E-state index contributed by atoms with van der Waals surface area (Å²) >= 11 is 0. The molecule has 5 aromatic rings. The van der Waals surface area contributed by atoms with Crippen molar-refractivity contribution in [1.29, 1.82) is 0 Å². The van der Waals surface area contributed by atoms with E-state index < -0.39 is 35.3 Å². The Bertz CT molecular complexity index is 1630. The highest BCUT2D eigenvalue weighted by Gasteiger charge is 2.35. The number of H-pyrrole nitrogens is 1. The Labute approximate surface area is 213 Å². The number of anilines is 1. The first-order valence-corrected chi connectivity index (χ1v) is 11.1. The summed E-state index contributed by atoms with van der Waals surface area (Å²) in [6.07, 6.45) is -14.2. The SMILES string of the molecule is CN(C)c1cc(-c2cc(C(F)(F)F)[nH]n2)nc(-n2c3ccc(C(F)(F)F)cc3c3cc(C(F)(F)F)ccc32)c1. The third kappa shape index (κ3) is 4.74. The van der Waals surface area contributed by atoms with Gasteiger partial charge in [0.05, 0.1) is 27.9 Å². The summed E-state index contributed by atoms with van der Waals surface area (Å²) in [5.74, 6) is 0.0484. The number of nitrogens with zero attached hydrogens (tertiary/aromatic N) is 4. The van der Waals surface area contributed by atoms with Gasteiger partial charge in [-0.05, 0) is 48.5 Å². The Morgan fingerprint density at radius 1 is 0.667 bits per heavy atom. The van der Waals surface area contributed by atoms with Gasteiger partial charge in [-0.3, -0.25) is 9.67 Å². The van der Waals surface area contributed by atoms with Crippen LogP contribution in [0.3, 0.4) is 0 Å². The molecule has 204 valence electrons. The van der Waals surface area contributed by atoms with E-state index in [1.165, 1.54) is 16.7 Å². The van der Waals surface area contributed by atoms with E-state index in [9.17, 15) is 39.5 Å². The van der Waals surface area contributed by atoms with Crippen LogP contribution in [0.1, 0.15) is 16.8 Å². The lowest BCUT2D eigenvalue weighted by molar-refractivity contribution is -0.141. The molecule has 0 unspecified atom stereocenters. The molecule has 0 bridgehead atoms. The van der Waals surface area contributed by atoms with Gasteiger partial charge < -0.3 is 4.90 Å². The van der Waals surface area contributed by atoms with Gasteiger partial charge in [0, 0.05) is 36.6 Å². The number of nitrogens with one attached hydrogen (secondary N) is 1. The molecule has 3 heterocycles. The highest BCUT2D eigenvalue weighted by atomic mass is 19.4. The summed E-state index contributed by atoms with van der Waals surface area (Å²) in [5, 5.41) is 5.38. The Balaban J connectivity index is 1.82. The monoisotopic (exact) mass is 557 g/mol. The van der Waals surface area contributed by atoms with Crippen LogP contribution in [0, 0.1) is 0 Å². The van der Waals surface area contributed by atoms with Gasteiger partial charge in [-0.25, -0.2) is 4.98 Å². The second-order valence-electron chi connectivity index (χ2n) is 8.92. The molecule has 0 aliphatic heterocycles. The van der Waals surface area contributed by atoms with Crippen LogP contribution < -0.4 is 4.90 Å². The van der Waals surface area contributed by atoms with Gasteiger partial charge in [0.25, 0.3) is 0 Å². The zero-order chi connectivity index (χ0) is 28.5. The van der Waals surface area contributed by atoms with E-state index in [4.69, 9.17) is 0 Å². The van der Waals surface area contributed by atoms with Crippen molar-refractivity contribution in [2.24, 2.45) is 0 Å². The zero-order valence-electron chi connectivity index (χ0n) is 19.9. The smallest absolute Gasteiger partial charge is 0.377 e. The van der Waals surface area contributed by atoms with E-state index in [2.05, 4.69) is 10.1 Å². The molecule has 0 radical (unpaired) electrons. The van der Waals surface area contributed by atoms with Crippen LogP contribution in [0.15, 0.2) is 54.6 Å². The fourth-order valence-electron chi connectivity index (χ4n) is 4.23. The molecule has 5 nitrogen and oxygen atoms in total. The van der Waals surface area contributed by atoms with Crippen molar-refractivity contribution in [1.82, 2.24) is 19.7 Å². The lowest BCUT2D eigenvalue weighted by Gasteiger charge is -2.16. The number of aromatic nitrogens is 4.